The molecule has 0 bridgehead atoms. The number of hydrogen-bond donors (Lipinski definition) is 2. The van der Waals surface area contributed by atoms with Crippen LogP contribution in [0.1, 0.15) is 17.5 Å². The number of fused-ring (bicyclic) bond motifs is 1. The highest BCUT2D eigenvalue weighted by Crippen LogP contribution is 2.24. The van der Waals surface area contributed by atoms with Gasteiger partial charge in [-0.2, -0.15) is 0 Å². The quantitative estimate of drug-likeness (QED) is 0.766. The van der Waals surface area contributed by atoms with Crippen LogP contribution in [0.4, 0.5) is 5.13 Å². The molecule has 0 fully saturated rings. The lowest BCUT2D eigenvalue weighted by Crippen LogP contribution is -2.22. The van der Waals surface area contributed by atoms with Crippen molar-refractivity contribution in [3.8, 4) is 0 Å². The number of halogens is 1. The van der Waals surface area contributed by atoms with Gasteiger partial charge < -0.3 is 10.6 Å². The third kappa shape index (κ3) is 2.43. The first-order chi connectivity index (χ1) is 6.25. The van der Waals surface area contributed by atoms with Crippen molar-refractivity contribution in [2.45, 2.75) is 19.9 Å². The zero-order valence-corrected chi connectivity index (χ0v) is 9.43. The molecule has 0 spiro atoms. The number of amides is 1. The molecule has 6 heteroatoms. The lowest BCUT2D eigenvalue weighted by Gasteiger charge is -2.09. The summed E-state index contributed by atoms with van der Waals surface area (Å²) in [6.07, 6.45) is 0.964. The van der Waals surface area contributed by atoms with Crippen molar-refractivity contribution in [3.63, 3.8) is 0 Å². The molecule has 0 radical (unpaired) electrons. The molecular weight excluding hydrogens is 222 g/mol. The molecule has 0 aromatic carbocycles. The first-order valence-corrected chi connectivity index (χ1v) is 5.04. The average molecular weight is 234 g/mol. The summed E-state index contributed by atoms with van der Waals surface area (Å²) in [4.78, 5) is 16.3. The van der Waals surface area contributed by atoms with Crippen molar-refractivity contribution in [2.24, 2.45) is 0 Å². The zero-order chi connectivity index (χ0) is 9.26. The second-order valence-corrected chi connectivity index (χ2v) is 4.08. The highest BCUT2D eigenvalue weighted by Gasteiger charge is 2.14. The minimum atomic E-state index is -0.0564. The molecule has 1 aromatic heterocycles. The van der Waals surface area contributed by atoms with Crippen LogP contribution in [0.15, 0.2) is 0 Å². The summed E-state index contributed by atoms with van der Waals surface area (Å²) in [5.41, 5.74) is 1.13. The molecule has 0 unspecified atom stereocenters. The molecule has 1 aromatic rings. The van der Waals surface area contributed by atoms with Crippen LogP contribution >= 0.6 is 23.7 Å². The molecule has 78 valence electrons. The van der Waals surface area contributed by atoms with E-state index in [0.29, 0.717) is 0 Å². The van der Waals surface area contributed by atoms with Crippen LogP contribution in [0.2, 0.25) is 0 Å². The van der Waals surface area contributed by atoms with E-state index < -0.39 is 0 Å². The summed E-state index contributed by atoms with van der Waals surface area (Å²) < 4.78 is 0. The van der Waals surface area contributed by atoms with Gasteiger partial charge in [0.1, 0.15) is 0 Å². The molecule has 1 aliphatic heterocycles. The average Bonchev–Trinajstić information content (AvgIpc) is 2.44. The Balaban J connectivity index is 0.000000980. The van der Waals surface area contributed by atoms with Crippen LogP contribution in [0.3, 0.4) is 0 Å². The van der Waals surface area contributed by atoms with Crippen molar-refractivity contribution in [3.05, 3.63) is 10.6 Å². The van der Waals surface area contributed by atoms with Gasteiger partial charge in [0.2, 0.25) is 5.91 Å². The van der Waals surface area contributed by atoms with Crippen LogP contribution in [0.5, 0.6) is 0 Å². The fraction of sp³-hybridized carbons (Fsp3) is 0.500. The van der Waals surface area contributed by atoms with Crippen LogP contribution in [0.25, 0.3) is 0 Å². The van der Waals surface area contributed by atoms with Crippen molar-refractivity contribution in [1.82, 2.24) is 10.3 Å². The molecular formula is C8H12ClN3OS. The van der Waals surface area contributed by atoms with E-state index in [1.807, 2.05) is 0 Å². The molecule has 1 aliphatic rings. The summed E-state index contributed by atoms with van der Waals surface area (Å²) in [7, 11) is 0. The van der Waals surface area contributed by atoms with E-state index >= 15 is 0 Å². The molecule has 4 nitrogen and oxygen atoms in total. The summed E-state index contributed by atoms with van der Waals surface area (Å²) in [6.45, 7) is 3.36. The Morgan fingerprint density at radius 3 is 3.07 bits per heavy atom. The Kier molecular flexibility index (Phi) is 3.86. The molecule has 2 N–H and O–H groups in total. The first-order valence-electron chi connectivity index (χ1n) is 4.22. The zero-order valence-electron chi connectivity index (χ0n) is 7.79. The van der Waals surface area contributed by atoms with E-state index in [9.17, 15) is 4.79 Å². The minimum absolute atomic E-state index is 0. The Morgan fingerprint density at radius 1 is 1.64 bits per heavy atom. The van der Waals surface area contributed by atoms with Crippen molar-refractivity contribution in [2.75, 3.05) is 11.9 Å². The van der Waals surface area contributed by atoms with Gasteiger partial charge in [0, 0.05) is 31.3 Å². The summed E-state index contributed by atoms with van der Waals surface area (Å²) in [5, 5.41) is 6.69. The maximum absolute atomic E-state index is 10.8. The number of hydrogen-bond acceptors (Lipinski definition) is 4. The SMILES string of the molecule is CC(=O)Nc1nc2c(s1)CNCC2.Cl. The third-order valence-corrected chi connectivity index (χ3v) is 2.90. The van der Waals surface area contributed by atoms with E-state index in [4.69, 9.17) is 0 Å². The van der Waals surface area contributed by atoms with Crippen LogP contribution in [0, 0.1) is 0 Å². The van der Waals surface area contributed by atoms with Gasteiger partial charge in [-0.3, -0.25) is 4.79 Å². The number of nitrogens with zero attached hydrogens (tertiary/aromatic N) is 1. The lowest BCUT2D eigenvalue weighted by molar-refractivity contribution is -0.114. The number of nitrogens with one attached hydrogen (secondary N) is 2. The van der Waals surface area contributed by atoms with Gasteiger partial charge in [0.05, 0.1) is 5.69 Å². The second kappa shape index (κ2) is 4.72. The maximum Gasteiger partial charge on any atom is 0.223 e. The second-order valence-electron chi connectivity index (χ2n) is 3.00. The van der Waals surface area contributed by atoms with Gasteiger partial charge in [0.15, 0.2) is 5.13 Å². The molecule has 0 aliphatic carbocycles. The van der Waals surface area contributed by atoms with Gasteiger partial charge in [0.25, 0.3) is 0 Å². The van der Waals surface area contributed by atoms with E-state index in [2.05, 4.69) is 15.6 Å². The highest BCUT2D eigenvalue weighted by molar-refractivity contribution is 7.15. The van der Waals surface area contributed by atoms with Gasteiger partial charge >= 0.3 is 0 Å². The van der Waals surface area contributed by atoms with Gasteiger partial charge in [-0.1, -0.05) is 0 Å². The standard InChI is InChI=1S/C8H11N3OS.ClH/c1-5(12)10-8-11-6-2-3-9-4-7(6)13-8;/h9H,2-4H2,1H3,(H,10,11,12);1H. The van der Waals surface area contributed by atoms with E-state index in [1.54, 1.807) is 11.3 Å². The summed E-state index contributed by atoms with van der Waals surface area (Å²) in [5.74, 6) is -0.0564. The number of aromatic nitrogens is 1. The fourth-order valence-corrected chi connectivity index (χ4v) is 2.35. The third-order valence-electron chi connectivity index (χ3n) is 1.89. The van der Waals surface area contributed by atoms with E-state index in [-0.39, 0.29) is 18.3 Å². The molecule has 0 atom stereocenters. The molecule has 1 amide bonds. The van der Waals surface area contributed by atoms with Gasteiger partial charge in [-0.15, -0.1) is 23.7 Å². The monoisotopic (exact) mass is 233 g/mol. The molecule has 0 saturated carbocycles. The van der Waals surface area contributed by atoms with Crippen LogP contribution < -0.4 is 10.6 Å². The van der Waals surface area contributed by atoms with Crippen molar-refractivity contribution in [1.29, 1.82) is 0 Å². The Morgan fingerprint density at radius 2 is 2.43 bits per heavy atom. The number of carbonyl (C=O) groups is 1. The predicted octanol–water partition coefficient (Wildman–Crippen LogP) is 1.17. The Bertz CT molecular complexity index is 316. The largest absolute Gasteiger partial charge is 0.311 e. The fourth-order valence-electron chi connectivity index (χ4n) is 1.33. The summed E-state index contributed by atoms with van der Waals surface area (Å²) in [6, 6.07) is 0. The number of carbonyl (C=O) groups excluding carboxylic acids is 1. The van der Waals surface area contributed by atoms with Crippen LogP contribution in [-0.4, -0.2) is 17.4 Å². The highest BCUT2D eigenvalue weighted by atomic mass is 35.5. The molecule has 2 heterocycles. The predicted molar refractivity (Wildman–Crippen MR) is 59.1 cm³/mol. The first kappa shape index (κ1) is 11.4. The van der Waals surface area contributed by atoms with Gasteiger partial charge in [-0.05, 0) is 0 Å². The number of thiazole rings is 1. The van der Waals surface area contributed by atoms with Crippen molar-refractivity contribution >= 4 is 34.8 Å². The van der Waals surface area contributed by atoms with Gasteiger partial charge in [-0.25, -0.2) is 4.98 Å². The molecule has 2 rings (SSSR count). The lowest BCUT2D eigenvalue weighted by atomic mass is 10.2. The van der Waals surface area contributed by atoms with E-state index in [0.717, 1.165) is 30.3 Å². The van der Waals surface area contributed by atoms with E-state index in [1.165, 1.54) is 11.8 Å². The smallest absolute Gasteiger partial charge is 0.223 e. The normalized spacial score (nSPS) is 14.1. The number of anilines is 1. The Hall–Kier alpha value is -0.650. The van der Waals surface area contributed by atoms with Crippen molar-refractivity contribution < 1.29 is 4.79 Å². The summed E-state index contributed by atoms with van der Waals surface area (Å²) >= 11 is 1.56. The molecule has 0 saturated heterocycles. The molecule has 14 heavy (non-hydrogen) atoms. The van der Waals surface area contributed by atoms with Crippen LogP contribution in [-0.2, 0) is 17.8 Å². The maximum atomic E-state index is 10.8. The topological polar surface area (TPSA) is 54.0 Å². The minimum Gasteiger partial charge on any atom is -0.311 e. The number of rotatable bonds is 1. The Labute approximate surface area is 92.5 Å².